The lowest BCUT2D eigenvalue weighted by molar-refractivity contribution is 0.440. The lowest BCUT2D eigenvalue weighted by Crippen LogP contribution is -2.24. The maximum Gasteiger partial charge on any atom is 0.0291 e. The maximum absolute atomic E-state index is 3.69. The second-order valence-corrected chi connectivity index (χ2v) is 6.57. The van der Waals surface area contributed by atoms with E-state index >= 15 is 0 Å². The van der Waals surface area contributed by atoms with E-state index in [1.807, 2.05) is 0 Å². The number of hydrogen-bond donors (Lipinski definition) is 1. The van der Waals surface area contributed by atoms with E-state index < -0.39 is 0 Å². The van der Waals surface area contributed by atoms with Crippen molar-refractivity contribution in [2.75, 3.05) is 12.8 Å². The highest BCUT2D eigenvalue weighted by Gasteiger charge is 2.21. The van der Waals surface area contributed by atoms with Crippen LogP contribution < -0.4 is 5.32 Å². The van der Waals surface area contributed by atoms with Crippen LogP contribution in [0.4, 0.5) is 0 Å². The Bertz CT molecular complexity index is 360. The van der Waals surface area contributed by atoms with Gasteiger partial charge >= 0.3 is 0 Å². The Morgan fingerprint density at radius 3 is 2.56 bits per heavy atom. The van der Waals surface area contributed by atoms with Gasteiger partial charge in [-0.2, -0.15) is 0 Å². The molecule has 0 aliphatic heterocycles. The lowest BCUT2D eigenvalue weighted by Gasteiger charge is -2.18. The van der Waals surface area contributed by atoms with E-state index in [1.54, 1.807) is 11.8 Å². The number of nitrogens with one attached hydrogen (secondary N) is 1. The minimum atomic E-state index is 0.469. The Morgan fingerprint density at radius 2 is 2.00 bits per heavy atom. The molecule has 0 amide bonds. The van der Waals surface area contributed by atoms with Crippen LogP contribution in [-0.2, 0) is 0 Å². The predicted molar refractivity (Wildman–Crippen MR) is 81.1 cm³/mol. The van der Waals surface area contributed by atoms with Crippen molar-refractivity contribution in [3.05, 3.63) is 29.8 Å². The van der Waals surface area contributed by atoms with Gasteiger partial charge in [0.25, 0.3) is 0 Å². The zero-order valence-corrected chi connectivity index (χ0v) is 12.6. The van der Waals surface area contributed by atoms with Gasteiger partial charge in [0.05, 0.1) is 0 Å². The number of thioether (sulfide) groups is 1. The molecule has 1 aromatic rings. The Labute approximate surface area is 116 Å². The first-order valence-corrected chi connectivity index (χ1v) is 8.29. The third-order valence-electron chi connectivity index (χ3n) is 4.13. The summed E-state index contributed by atoms with van der Waals surface area (Å²) in [6.45, 7) is 5.83. The summed E-state index contributed by atoms with van der Waals surface area (Å²) in [6, 6.07) is 9.41. The average Bonchev–Trinajstić information content (AvgIpc) is 2.82. The maximum atomic E-state index is 3.69. The van der Waals surface area contributed by atoms with Gasteiger partial charge in [-0.25, -0.2) is 0 Å². The highest BCUT2D eigenvalue weighted by molar-refractivity contribution is 7.98. The minimum absolute atomic E-state index is 0.469. The van der Waals surface area contributed by atoms with Crippen LogP contribution in [0.15, 0.2) is 29.2 Å². The van der Waals surface area contributed by atoms with Gasteiger partial charge in [-0.3, -0.25) is 0 Å². The van der Waals surface area contributed by atoms with Crippen LogP contribution in [0.25, 0.3) is 0 Å². The van der Waals surface area contributed by atoms with E-state index in [-0.39, 0.29) is 0 Å². The molecular weight excluding hydrogens is 238 g/mol. The molecule has 1 aliphatic carbocycles. The second kappa shape index (κ2) is 6.63. The molecule has 2 rings (SSSR count). The summed E-state index contributed by atoms with van der Waals surface area (Å²) in [7, 11) is 0. The van der Waals surface area contributed by atoms with Crippen molar-refractivity contribution in [3.63, 3.8) is 0 Å². The van der Waals surface area contributed by atoms with Crippen molar-refractivity contribution >= 4 is 11.8 Å². The monoisotopic (exact) mass is 263 g/mol. The van der Waals surface area contributed by atoms with Crippen molar-refractivity contribution in [1.82, 2.24) is 5.32 Å². The Balaban J connectivity index is 1.81. The number of benzene rings is 1. The summed E-state index contributed by atoms with van der Waals surface area (Å²) in [5.41, 5.74) is 1.40. The van der Waals surface area contributed by atoms with Gasteiger partial charge < -0.3 is 5.32 Å². The van der Waals surface area contributed by atoms with Crippen LogP contribution in [0, 0.1) is 11.8 Å². The van der Waals surface area contributed by atoms with Gasteiger partial charge in [0.2, 0.25) is 0 Å². The van der Waals surface area contributed by atoms with Crippen molar-refractivity contribution in [1.29, 1.82) is 0 Å². The molecule has 0 bridgehead atoms. The molecule has 2 heteroatoms. The fourth-order valence-corrected chi connectivity index (χ4v) is 3.27. The first kappa shape index (κ1) is 14.0. The van der Waals surface area contributed by atoms with Crippen LogP contribution in [0.5, 0.6) is 0 Å². The van der Waals surface area contributed by atoms with E-state index in [2.05, 4.69) is 49.7 Å². The van der Waals surface area contributed by atoms with Crippen LogP contribution in [0.2, 0.25) is 0 Å². The van der Waals surface area contributed by atoms with Crippen molar-refractivity contribution in [2.45, 2.75) is 44.0 Å². The molecule has 0 radical (unpaired) electrons. The highest BCUT2D eigenvalue weighted by Crippen LogP contribution is 2.30. The van der Waals surface area contributed by atoms with Gasteiger partial charge in [-0.15, -0.1) is 11.8 Å². The van der Waals surface area contributed by atoms with Crippen LogP contribution in [0.1, 0.15) is 44.7 Å². The standard InChI is InChI=1S/C16H25NS/c1-12-4-5-14(10-12)11-17-13(2)15-6-8-16(18-3)9-7-15/h6-9,12-14,17H,4-5,10-11H2,1-3H3. The van der Waals surface area contributed by atoms with Gasteiger partial charge in [0, 0.05) is 10.9 Å². The largest absolute Gasteiger partial charge is 0.310 e. The first-order chi connectivity index (χ1) is 8.69. The first-order valence-electron chi connectivity index (χ1n) is 7.06. The van der Waals surface area contributed by atoms with Crippen molar-refractivity contribution in [3.8, 4) is 0 Å². The SMILES string of the molecule is CSc1ccc(C(C)NCC2CCC(C)C2)cc1. The average molecular weight is 263 g/mol. The molecule has 1 aromatic carbocycles. The summed E-state index contributed by atoms with van der Waals surface area (Å²) >= 11 is 1.80. The summed E-state index contributed by atoms with van der Waals surface area (Å²) in [6.07, 6.45) is 6.36. The van der Waals surface area contributed by atoms with Crippen LogP contribution in [-0.4, -0.2) is 12.8 Å². The fraction of sp³-hybridized carbons (Fsp3) is 0.625. The quantitative estimate of drug-likeness (QED) is 0.785. The summed E-state index contributed by atoms with van der Waals surface area (Å²) in [4.78, 5) is 1.34. The molecule has 1 saturated carbocycles. The molecule has 1 nitrogen and oxygen atoms in total. The van der Waals surface area contributed by atoms with E-state index in [0.717, 1.165) is 11.8 Å². The summed E-state index contributed by atoms with van der Waals surface area (Å²) < 4.78 is 0. The predicted octanol–water partition coefficient (Wildman–Crippen LogP) is 4.50. The Morgan fingerprint density at radius 1 is 1.28 bits per heavy atom. The lowest BCUT2D eigenvalue weighted by atomic mass is 10.0. The van der Waals surface area contributed by atoms with Crippen LogP contribution in [0.3, 0.4) is 0 Å². The second-order valence-electron chi connectivity index (χ2n) is 5.69. The molecule has 0 spiro atoms. The third kappa shape index (κ3) is 3.76. The summed E-state index contributed by atoms with van der Waals surface area (Å²) in [5, 5.41) is 3.69. The molecule has 1 N–H and O–H groups in total. The molecule has 3 unspecified atom stereocenters. The number of hydrogen-bond acceptors (Lipinski definition) is 2. The van der Waals surface area contributed by atoms with Crippen molar-refractivity contribution in [2.24, 2.45) is 11.8 Å². The van der Waals surface area contributed by atoms with Gasteiger partial charge in [0.15, 0.2) is 0 Å². The normalized spacial score (nSPS) is 25.3. The van der Waals surface area contributed by atoms with Crippen molar-refractivity contribution < 1.29 is 0 Å². The zero-order chi connectivity index (χ0) is 13.0. The molecule has 0 saturated heterocycles. The highest BCUT2D eigenvalue weighted by atomic mass is 32.2. The summed E-state index contributed by atoms with van der Waals surface area (Å²) in [5.74, 6) is 1.83. The van der Waals surface area contributed by atoms with E-state index in [9.17, 15) is 0 Å². The molecular formula is C16H25NS. The van der Waals surface area contributed by atoms with Gasteiger partial charge in [-0.05, 0) is 62.1 Å². The zero-order valence-electron chi connectivity index (χ0n) is 11.8. The van der Waals surface area contributed by atoms with Gasteiger partial charge in [-0.1, -0.05) is 25.5 Å². The molecule has 1 aliphatic rings. The van der Waals surface area contributed by atoms with Gasteiger partial charge in [0.1, 0.15) is 0 Å². The van der Waals surface area contributed by atoms with E-state index in [1.165, 1.54) is 36.3 Å². The molecule has 18 heavy (non-hydrogen) atoms. The molecule has 100 valence electrons. The van der Waals surface area contributed by atoms with E-state index in [0.29, 0.717) is 6.04 Å². The fourth-order valence-electron chi connectivity index (χ4n) is 2.86. The molecule has 0 heterocycles. The Kier molecular flexibility index (Phi) is 5.13. The minimum Gasteiger partial charge on any atom is -0.310 e. The smallest absolute Gasteiger partial charge is 0.0291 e. The number of rotatable bonds is 5. The Hall–Kier alpha value is -0.470. The van der Waals surface area contributed by atoms with Crippen LogP contribution >= 0.6 is 11.8 Å². The molecule has 0 aromatic heterocycles. The molecule has 3 atom stereocenters. The third-order valence-corrected chi connectivity index (χ3v) is 4.88. The topological polar surface area (TPSA) is 12.0 Å². The van der Waals surface area contributed by atoms with E-state index in [4.69, 9.17) is 0 Å². The molecule has 1 fully saturated rings.